The molecule has 2 aliphatic rings. The maximum absolute atomic E-state index is 13.1. The topological polar surface area (TPSA) is 65.7 Å². The number of anilines is 1. The van der Waals surface area contributed by atoms with Crippen molar-refractivity contribution in [1.82, 2.24) is 19.9 Å². The molecule has 2 saturated heterocycles. The first-order chi connectivity index (χ1) is 16.2. The maximum atomic E-state index is 13.1. The summed E-state index contributed by atoms with van der Waals surface area (Å²) in [6.45, 7) is 7.90. The second-order valence-corrected chi connectivity index (χ2v) is 9.08. The first-order valence-corrected chi connectivity index (χ1v) is 11.9. The number of carbonyl (C=O) groups is 1. The van der Waals surface area contributed by atoms with Crippen LogP contribution in [0.1, 0.15) is 24.3 Å². The van der Waals surface area contributed by atoms with Gasteiger partial charge in [-0.05, 0) is 45.0 Å². The number of hydrogen-bond donors (Lipinski definition) is 0. The third-order valence-corrected chi connectivity index (χ3v) is 6.79. The van der Waals surface area contributed by atoms with Crippen LogP contribution in [0, 0.1) is 12.8 Å². The van der Waals surface area contributed by atoms with E-state index in [4.69, 9.17) is 4.52 Å². The van der Waals surface area contributed by atoms with E-state index in [1.165, 1.54) is 11.3 Å². The van der Waals surface area contributed by atoms with E-state index >= 15 is 0 Å². The van der Waals surface area contributed by atoms with E-state index in [0.717, 1.165) is 57.7 Å². The van der Waals surface area contributed by atoms with Crippen molar-refractivity contribution in [2.75, 3.05) is 44.2 Å². The van der Waals surface area contributed by atoms with E-state index in [1.54, 1.807) is 0 Å². The van der Waals surface area contributed by atoms with Gasteiger partial charge in [0.05, 0.1) is 6.54 Å². The Labute approximate surface area is 195 Å². The lowest BCUT2D eigenvalue weighted by Crippen LogP contribution is -2.51. The first kappa shape index (κ1) is 21.6. The minimum absolute atomic E-state index is 0.120. The Bertz CT molecular complexity index is 1050. The molecule has 7 heteroatoms. The van der Waals surface area contributed by atoms with Gasteiger partial charge in [-0.2, -0.15) is 4.98 Å². The first-order valence-electron chi connectivity index (χ1n) is 11.9. The van der Waals surface area contributed by atoms with Crippen LogP contribution in [0.2, 0.25) is 0 Å². The molecule has 3 aromatic rings. The summed E-state index contributed by atoms with van der Waals surface area (Å²) in [5.74, 6) is 1.70. The van der Waals surface area contributed by atoms with Gasteiger partial charge in [-0.15, -0.1) is 0 Å². The number of aromatic nitrogens is 2. The van der Waals surface area contributed by atoms with E-state index in [1.807, 2.05) is 30.3 Å². The van der Waals surface area contributed by atoms with Gasteiger partial charge in [0, 0.05) is 43.3 Å². The molecule has 0 N–H and O–H groups in total. The molecule has 0 bridgehead atoms. The van der Waals surface area contributed by atoms with E-state index in [9.17, 15) is 4.79 Å². The Kier molecular flexibility index (Phi) is 6.39. The number of piperidine rings is 1. The molecular weight excluding hydrogens is 414 g/mol. The molecule has 2 fully saturated rings. The number of amides is 1. The van der Waals surface area contributed by atoms with Crippen molar-refractivity contribution in [3.05, 3.63) is 66.1 Å². The van der Waals surface area contributed by atoms with Crippen molar-refractivity contribution in [2.45, 2.75) is 26.3 Å². The average Bonchev–Trinajstić information content (AvgIpc) is 3.34. The Balaban J connectivity index is 1.09. The molecule has 0 saturated carbocycles. The minimum atomic E-state index is 0.120. The lowest BCUT2D eigenvalue weighted by atomic mass is 9.95. The number of hydrogen-bond acceptors (Lipinski definition) is 6. The van der Waals surface area contributed by atoms with Crippen molar-refractivity contribution >= 4 is 11.6 Å². The van der Waals surface area contributed by atoms with Crippen molar-refractivity contribution in [2.24, 2.45) is 5.92 Å². The SMILES string of the molecule is Cc1ccc(N2CCN(C(=O)C3CCN(Cc4nc(-c5ccccc5)no4)CC3)CC2)cc1. The van der Waals surface area contributed by atoms with Gasteiger partial charge < -0.3 is 14.3 Å². The molecule has 1 aromatic heterocycles. The minimum Gasteiger partial charge on any atom is -0.368 e. The normalized spacial score (nSPS) is 18.0. The summed E-state index contributed by atoms with van der Waals surface area (Å²) in [6, 6.07) is 18.5. The van der Waals surface area contributed by atoms with Gasteiger partial charge in [-0.3, -0.25) is 9.69 Å². The zero-order valence-electron chi connectivity index (χ0n) is 19.2. The summed E-state index contributed by atoms with van der Waals surface area (Å²) < 4.78 is 5.46. The Morgan fingerprint density at radius 1 is 0.939 bits per heavy atom. The standard InChI is InChI=1S/C26H31N5O2/c1-20-7-9-23(10-8-20)30-15-17-31(18-16-30)26(32)22-11-13-29(14-12-22)19-24-27-25(28-33-24)21-5-3-2-4-6-21/h2-10,22H,11-19H2,1H3. The molecule has 0 aliphatic carbocycles. The molecule has 0 unspecified atom stereocenters. The smallest absolute Gasteiger partial charge is 0.241 e. The summed E-state index contributed by atoms with van der Waals surface area (Å²) in [5, 5.41) is 4.11. The third-order valence-electron chi connectivity index (χ3n) is 6.79. The van der Waals surface area contributed by atoms with E-state index in [2.05, 4.69) is 56.0 Å². The molecule has 0 atom stereocenters. The van der Waals surface area contributed by atoms with Gasteiger partial charge in [0.2, 0.25) is 17.6 Å². The number of carbonyl (C=O) groups excluding carboxylic acids is 1. The van der Waals surface area contributed by atoms with Gasteiger partial charge in [0.1, 0.15) is 0 Å². The molecule has 3 heterocycles. The van der Waals surface area contributed by atoms with Crippen LogP contribution < -0.4 is 4.90 Å². The fourth-order valence-electron chi connectivity index (χ4n) is 4.75. The van der Waals surface area contributed by atoms with Crippen molar-refractivity contribution in [1.29, 1.82) is 0 Å². The summed E-state index contributed by atoms with van der Waals surface area (Å²) in [4.78, 5) is 24.4. The molecule has 33 heavy (non-hydrogen) atoms. The van der Waals surface area contributed by atoms with Gasteiger partial charge in [0.15, 0.2) is 0 Å². The maximum Gasteiger partial charge on any atom is 0.241 e. The van der Waals surface area contributed by atoms with Crippen LogP contribution in [0.3, 0.4) is 0 Å². The summed E-state index contributed by atoms with van der Waals surface area (Å²) in [6.07, 6.45) is 1.77. The molecule has 172 valence electrons. The highest BCUT2D eigenvalue weighted by Crippen LogP contribution is 2.24. The fraction of sp³-hybridized carbons (Fsp3) is 0.423. The predicted molar refractivity (Wildman–Crippen MR) is 128 cm³/mol. The second kappa shape index (κ2) is 9.75. The number of rotatable bonds is 5. The number of piperazine rings is 1. The van der Waals surface area contributed by atoms with E-state index in [0.29, 0.717) is 24.2 Å². The Hall–Kier alpha value is -3.19. The van der Waals surface area contributed by atoms with Crippen molar-refractivity contribution < 1.29 is 9.32 Å². The van der Waals surface area contributed by atoms with Crippen LogP contribution in [-0.4, -0.2) is 65.1 Å². The highest BCUT2D eigenvalue weighted by atomic mass is 16.5. The Morgan fingerprint density at radius 2 is 1.64 bits per heavy atom. The molecule has 5 rings (SSSR count). The number of aryl methyl sites for hydroxylation is 1. The molecule has 7 nitrogen and oxygen atoms in total. The predicted octanol–water partition coefficient (Wildman–Crippen LogP) is 3.61. The monoisotopic (exact) mass is 445 g/mol. The van der Waals surface area contributed by atoms with E-state index in [-0.39, 0.29) is 5.92 Å². The summed E-state index contributed by atoms with van der Waals surface area (Å²) in [5.41, 5.74) is 3.48. The molecule has 0 spiro atoms. The third kappa shape index (κ3) is 5.09. The lowest BCUT2D eigenvalue weighted by molar-refractivity contribution is -0.137. The molecule has 2 aromatic carbocycles. The average molecular weight is 446 g/mol. The zero-order valence-corrected chi connectivity index (χ0v) is 19.2. The van der Waals surface area contributed by atoms with Crippen LogP contribution in [0.4, 0.5) is 5.69 Å². The largest absolute Gasteiger partial charge is 0.368 e. The second-order valence-electron chi connectivity index (χ2n) is 9.08. The highest BCUT2D eigenvalue weighted by molar-refractivity contribution is 5.79. The molecule has 0 radical (unpaired) electrons. The van der Waals surface area contributed by atoms with E-state index < -0.39 is 0 Å². The van der Waals surface area contributed by atoms with Gasteiger partial charge in [0.25, 0.3) is 0 Å². The van der Waals surface area contributed by atoms with Crippen LogP contribution >= 0.6 is 0 Å². The van der Waals surface area contributed by atoms with Crippen LogP contribution in [0.25, 0.3) is 11.4 Å². The molecule has 1 amide bonds. The number of benzene rings is 2. The lowest BCUT2D eigenvalue weighted by Gasteiger charge is -2.39. The summed E-state index contributed by atoms with van der Waals surface area (Å²) >= 11 is 0. The van der Waals surface area contributed by atoms with Gasteiger partial charge in [-0.1, -0.05) is 53.2 Å². The van der Waals surface area contributed by atoms with Gasteiger partial charge >= 0.3 is 0 Å². The number of likely N-dealkylation sites (tertiary alicyclic amines) is 1. The highest BCUT2D eigenvalue weighted by Gasteiger charge is 2.31. The Morgan fingerprint density at radius 3 is 2.33 bits per heavy atom. The number of nitrogens with zero attached hydrogens (tertiary/aromatic N) is 5. The zero-order chi connectivity index (χ0) is 22.6. The van der Waals surface area contributed by atoms with Crippen LogP contribution in [0.15, 0.2) is 59.1 Å². The molecular formula is C26H31N5O2. The van der Waals surface area contributed by atoms with Gasteiger partial charge in [-0.25, -0.2) is 0 Å². The van der Waals surface area contributed by atoms with Crippen molar-refractivity contribution in [3.63, 3.8) is 0 Å². The van der Waals surface area contributed by atoms with Crippen LogP contribution in [0.5, 0.6) is 0 Å². The molecule has 2 aliphatic heterocycles. The van der Waals surface area contributed by atoms with Crippen LogP contribution in [-0.2, 0) is 11.3 Å². The summed E-state index contributed by atoms with van der Waals surface area (Å²) in [7, 11) is 0. The van der Waals surface area contributed by atoms with Crippen molar-refractivity contribution in [3.8, 4) is 11.4 Å². The fourth-order valence-corrected chi connectivity index (χ4v) is 4.75. The quantitative estimate of drug-likeness (QED) is 0.598.